The average molecular weight is 334 g/mol. The summed E-state index contributed by atoms with van der Waals surface area (Å²) in [6.07, 6.45) is -4.48. The second kappa shape index (κ2) is 6.44. The standard InChI is InChI=1S/C12H9F3N2O2S2/c1-2-20-11-9(18)10(16-21-17-11)19-8-5-3-4-7(6-8)12(13,14)15/h3-6H,2H2,1H3. The van der Waals surface area contributed by atoms with Crippen LogP contribution in [0.25, 0.3) is 0 Å². The third-order valence-electron chi connectivity index (χ3n) is 2.29. The van der Waals surface area contributed by atoms with Crippen LogP contribution in [0.15, 0.2) is 34.1 Å². The van der Waals surface area contributed by atoms with Crippen LogP contribution in [0, 0.1) is 0 Å². The number of alkyl halides is 3. The molecule has 0 aliphatic heterocycles. The first-order valence-corrected chi connectivity index (χ1v) is 7.48. The largest absolute Gasteiger partial charge is 0.435 e. The Kier molecular flexibility index (Phi) is 4.84. The van der Waals surface area contributed by atoms with E-state index in [0.717, 1.165) is 23.9 Å². The number of aromatic nitrogens is 2. The minimum atomic E-state index is -4.48. The summed E-state index contributed by atoms with van der Waals surface area (Å²) >= 11 is 1.99. The first-order valence-electron chi connectivity index (χ1n) is 5.76. The van der Waals surface area contributed by atoms with Gasteiger partial charge in [-0.3, -0.25) is 4.79 Å². The van der Waals surface area contributed by atoms with Crippen molar-refractivity contribution in [3.8, 4) is 11.6 Å². The summed E-state index contributed by atoms with van der Waals surface area (Å²) in [5, 5.41) is 0.222. The number of nitrogens with zero attached hydrogens (tertiary/aromatic N) is 2. The van der Waals surface area contributed by atoms with Gasteiger partial charge < -0.3 is 4.74 Å². The normalized spacial score (nSPS) is 11.4. The Morgan fingerprint density at radius 1 is 1.33 bits per heavy atom. The van der Waals surface area contributed by atoms with Crippen LogP contribution < -0.4 is 10.2 Å². The van der Waals surface area contributed by atoms with Gasteiger partial charge in [-0.25, -0.2) is 0 Å². The van der Waals surface area contributed by atoms with E-state index in [-0.39, 0.29) is 16.7 Å². The van der Waals surface area contributed by atoms with Crippen LogP contribution in [0.2, 0.25) is 0 Å². The third-order valence-corrected chi connectivity index (χ3v) is 3.76. The molecule has 2 aromatic rings. The zero-order valence-electron chi connectivity index (χ0n) is 10.7. The second-order valence-corrected chi connectivity index (χ2v) is 5.55. The zero-order valence-corrected chi connectivity index (χ0v) is 12.3. The number of ether oxygens (including phenoxy) is 1. The molecule has 21 heavy (non-hydrogen) atoms. The molecule has 0 fully saturated rings. The Balaban J connectivity index is 2.31. The molecule has 0 aliphatic rings. The van der Waals surface area contributed by atoms with Gasteiger partial charge in [-0.15, -0.1) is 16.1 Å². The number of halogens is 3. The lowest BCUT2D eigenvalue weighted by molar-refractivity contribution is -0.137. The molecule has 0 amide bonds. The SMILES string of the molecule is CCSc1nsnc(Oc2cccc(C(F)(F)F)c2)c1=O. The van der Waals surface area contributed by atoms with Gasteiger partial charge in [0.25, 0.3) is 11.3 Å². The molecule has 1 aromatic carbocycles. The van der Waals surface area contributed by atoms with Gasteiger partial charge in [-0.1, -0.05) is 13.0 Å². The zero-order chi connectivity index (χ0) is 15.5. The fourth-order valence-electron chi connectivity index (χ4n) is 1.41. The maximum absolute atomic E-state index is 12.6. The van der Waals surface area contributed by atoms with E-state index >= 15 is 0 Å². The van der Waals surface area contributed by atoms with E-state index in [1.54, 1.807) is 0 Å². The van der Waals surface area contributed by atoms with E-state index in [1.807, 2.05) is 6.92 Å². The van der Waals surface area contributed by atoms with E-state index in [1.165, 1.54) is 23.9 Å². The lowest BCUT2D eigenvalue weighted by Crippen LogP contribution is -2.10. The molecule has 0 bridgehead atoms. The van der Waals surface area contributed by atoms with Gasteiger partial charge in [0.05, 0.1) is 17.3 Å². The van der Waals surface area contributed by atoms with Gasteiger partial charge in [0.1, 0.15) is 5.75 Å². The number of hydrogen-bond acceptors (Lipinski definition) is 6. The molecule has 4 nitrogen and oxygen atoms in total. The monoisotopic (exact) mass is 334 g/mol. The summed E-state index contributed by atoms with van der Waals surface area (Å²) < 4.78 is 50.5. The summed E-state index contributed by atoms with van der Waals surface area (Å²) in [7, 11) is 0. The van der Waals surface area contributed by atoms with Gasteiger partial charge in [0.15, 0.2) is 5.03 Å². The molecule has 1 aromatic heterocycles. The fraction of sp³-hybridized carbons (Fsp3) is 0.250. The van der Waals surface area contributed by atoms with Gasteiger partial charge >= 0.3 is 6.18 Å². The Morgan fingerprint density at radius 2 is 2.10 bits per heavy atom. The van der Waals surface area contributed by atoms with Crippen LogP contribution in [0.3, 0.4) is 0 Å². The van der Waals surface area contributed by atoms with Crippen molar-refractivity contribution < 1.29 is 17.9 Å². The molecule has 0 saturated carbocycles. The van der Waals surface area contributed by atoms with Crippen LogP contribution >= 0.6 is 23.5 Å². The highest BCUT2D eigenvalue weighted by Gasteiger charge is 2.30. The number of hydrogen-bond donors (Lipinski definition) is 0. The van der Waals surface area contributed by atoms with Gasteiger partial charge in [-0.05, 0) is 24.0 Å². The van der Waals surface area contributed by atoms with Crippen LogP contribution in [0.1, 0.15) is 12.5 Å². The minimum absolute atomic E-state index is 0.0970. The summed E-state index contributed by atoms with van der Waals surface area (Å²) in [4.78, 5) is 12.0. The molecule has 1 heterocycles. The summed E-state index contributed by atoms with van der Waals surface area (Å²) in [5.41, 5.74) is -1.38. The summed E-state index contributed by atoms with van der Waals surface area (Å²) in [5.74, 6) is 0.271. The van der Waals surface area contributed by atoms with Crippen LogP contribution in [0.5, 0.6) is 11.6 Å². The van der Waals surface area contributed by atoms with Crippen molar-refractivity contribution in [3.05, 3.63) is 40.1 Å². The first-order chi connectivity index (χ1) is 9.91. The number of rotatable bonds is 4. The van der Waals surface area contributed by atoms with Crippen LogP contribution in [-0.2, 0) is 6.18 Å². The number of thioether (sulfide) groups is 1. The third kappa shape index (κ3) is 3.94. The molecular weight excluding hydrogens is 325 g/mol. The molecule has 0 saturated heterocycles. The van der Waals surface area contributed by atoms with Crippen molar-refractivity contribution >= 4 is 23.5 Å². The smallest absolute Gasteiger partial charge is 0.416 e. The van der Waals surface area contributed by atoms with E-state index in [4.69, 9.17) is 4.74 Å². The van der Waals surface area contributed by atoms with Crippen LogP contribution in [-0.4, -0.2) is 14.5 Å². The molecule has 0 radical (unpaired) electrons. The highest BCUT2D eigenvalue weighted by molar-refractivity contribution is 7.99. The van der Waals surface area contributed by atoms with E-state index < -0.39 is 17.2 Å². The maximum Gasteiger partial charge on any atom is 0.416 e. The molecule has 9 heteroatoms. The lowest BCUT2D eigenvalue weighted by Gasteiger charge is -2.09. The highest BCUT2D eigenvalue weighted by atomic mass is 32.2. The Labute approximate surface area is 126 Å². The predicted molar refractivity (Wildman–Crippen MR) is 74.1 cm³/mol. The van der Waals surface area contributed by atoms with Crippen LogP contribution in [0.4, 0.5) is 13.2 Å². The average Bonchev–Trinajstić information content (AvgIpc) is 2.43. The Hall–Kier alpha value is -1.61. The molecule has 112 valence electrons. The summed E-state index contributed by atoms with van der Waals surface area (Å²) in [6.45, 7) is 1.85. The van der Waals surface area contributed by atoms with E-state index in [2.05, 4.69) is 8.75 Å². The molecule has 0 unspecified atom stereocenters. The Bertz CT molecular complexity index is 689. The highest BCUT2D eigenvalue weighted by Crippen LogP contribution is 2.32. The minimum Gasteiger partial charge on any atom is -0.435 e. The van der Waals surface area contributed by atoms with E-state index in [9.17, 15) is 18.0 Å². The fourth-order valence-corrected chi connectivity index (χ4v) is 2.60. The Morgan fingerprint density at radius 3 is 2.76 bits per heavy atom. The number of benzene rings is 1. The van der Waals surface area contributed by atoms with Crippen molar-refractivity contribution in [1.29, 1.82) is 0 Å². The van der Waals surface area contributed by atoms with Crippen molar-refractivity contribution in [2.75, 3.05) is 5.75 Å². The van der Waals surface area contributed by atoms with Crippen molar-refractivity contribution in [3.63, 3.8) is 0 Å². The molecule has 0 aliphatic carbocycles. The first kappa shape index (κ1) is 15.8. The van der Waals surface area contributed by atoms with Gasteiger partial charge in [0.2, 0.25) is 0 Å². The molecule has 2 rings (SSSR count). The summed E-state index contributed by atoms with van der Waals surface area (Å²) in [6, 6.07) is 4.27. The molecule has 0 atom stereocenters. The second-order valence-electron chi connectivity index (χ2n) is 3.76. The van der Waals surface area contributed by atoms with Gasteiger partial charge in [0, 0.05) is 0 Å². The predicted octanol–water partition coefficient (Wildman–Crippen LogP) is 3.82. The topological polar surface area (TPSA) is 52.1 Å². The molecular formula is C12H9F3N2O2S2. The van der Waals surface area contributed by atoms with Crippen molar-refractivity contribution in [2.45, 2.75) is 18.1 Å². The molecule has 0 N–H and O–H groups in total. The van der Waals surface area contributed by atoms with Gasteiger partial charge in [-0.2, -0.15) is 17.5 Å². The van der Waals surface area contributed by atoms with Crippen molar-refractivity contribution in [2.24, 2.45) is 0 Å². The quantitative estimate of drug-likeness (QED) is 0.796. The maximum atomic E-state index is 12.6. The van der Waals surface area contributed by atoms with Crippen molar-refractivity contribution in [1.82, 2.24) is 8.75 Å². The lowest BCUT2D eigenvalue weighted by atomic mass is 10.2. The molecule has 0 spiro atoms. The van der Waals surface area contributed by atoms with E-state index in [0.29, 0.717) is 5.75 Å².